The Labute approximate surface area is 165 Å². The standard InChI is InChI=1S/C20H17ClN4OS/c1-13-5-3-6-15(11-13)12-27-20-23-22-18-19(26)24(9-10-25(18)20)17-8-4-7-16(21)14(17)2/h3-11H,12H2,1-2H3. The number of nitrogens with zero attached hydrogens (tertiary/aromatic N) is 4. The third-order valence-corrected chi connectivity index (χ3v) is 5.81. The van der Waals surface area contributed by atoms with Gasteiger partial charge in [-0.1, -0.05) is 59.3 Å². The minimum atomic E-state index is -0.224. The number of hydrogen-bond donors (Lipinski definition) is 0. The zero-order valence-corrected chi connectivity index (χ0v) is 16.5. The average molecular weight is 397 g/mol. The minimum absolute atomic E-state index is 0.224. The molecular formula is C20H17ClN4OS. The quantitative estimate of drug-likeness (QED) is 0.478. The maximum Gasteiger partial charge on any atom is 0.300 e. The van der Waals surface area contributed by atoms with Crippen LogP contribution in [0.3, 0.4) is 0 Å². The van der Waals surface area contributed by atoms with Crippen LogP contribution >= 0.6 is 23.4 Å². The molecule has 0 saturated carbocycles. The molecular weight excluding hydrogens is 380 g/mol. The Morgan fingerprint density at radius 3 is 2.70 bits per heavy atom. The molecule has 4 aromatic rings. The van der Waals surface area contributed by atoms with E-state index in [1.165, 1.54) is 11.1 Å². The summed E-state index contributed by atoms with van der Waals surface area (Å²) in [5.41, 5.74) is 4.09. The number of aryl methyl sites for hydroxylation is 1. The average Bonchev–Trinajstić information content (AvgIpc) is 3.07. The fourth-order valence-corrected chi connectivity index (χ4v) is 3.99. The van der Waals surface area contributed by atoms with Crippen molar-refractivity contribution in [2.75, 3.05) is 0 Å². The number of thioether (sulfide) groups is 1. The number of rotatable bonds is 4. The van der Waals surface area contributed by atoms with Gasteiger partial charge in [0.05, 0.1) is 5.69 Å². The van der Waals surface area contributed by atoms with Gasteiger partial charge >= 0.3 is 5.56 Å². The monoisotopic (exact) mass is 396 g/mol. The van der Waals surface area contributed by atoms with Crippen LogP contribution in [0.15, 0.2) is 64.8 Å². The smallest absolute Gasteiger partial charge is 0.279 e. The molecule has 0 bridgehead atoms. The van der Waals surface area contributed by atoms with Gasteiger partial charge in [-0.25, -0.2) is 0 Å². The summed E-state index contributed by atoms with van der Waals surface area (Å²) in [6.07, 6.45) is 3.55. The summed E-state index contributed by atoms with van der Waals surface area (Å²) in [5.74, 6) is 0.763. The molecule has 0 aliphatic heterocycles. The van der Waals surface area contributed by atoms with Gasteiger partial charge in [-0.2, -0.15) is 0 Å². The zero-order valence-electron chi connectivity index (χ0n) is 14.9. The van der Waals surface area contributed by atoms with Gasteiger partial charge in [0.2, 0.25) is 5.65 Å². The summed E-state index contributed by atoms with van der Waals surface area (Å²) >= 11 is 7.75. The Kier molecular flexibility index (Phi) is 4.76. The molecule has 0 aliphatic rings. The highest BCUT2D eigenvalue weighted by molar-refractivity contribution is 7.98. The Morgan fingerprint density at radius 1 is 1.07 bits per heavy atom. The van der Waals surface area contributed by atoms with Gasteiger partial charge in [0.25, 0.3) is 0 Å². The van der Waals surface area contributed by atoms with Gasteiger partial charge in [0.15, 0.2) is 5.16 Å². The highest BCUT2D eigenvalue weighted by Crippen LogP contribution is 2.23. The predicted molar refractivity (Wildman–Crippen MR) is 109 cm³/mol. The molecule has 0 fully saturated rings. The van der Waals surface area contributed by atoms with Gasteiger partial charge in [-0.05, 0) is 37.1 Å². The van der Waals surface area contributed by atoms with Gasteiger partial charge in [-0.15, -0.1) is 10.2 Å². The van der Waals surface area contributed by atoms with E-state index in [2.05, 4.69) is 35.3 Å². The summed E-state index contributed by atoms with van der Waals surface area (Å²) in [5, 5.41) is 9.63. The van der Waals surface area contributed by atoms with E-state index in [4.69, 9.17) is 11.6 Å². The van der Waals surface area contributed by atoms with Gasteiger partial charge in [-0.3, -0.25) is 13.8 Å². The normalized spacial score (nSPS) is 11.2. The largest absolute Gasteiger partial charge is 0.300 e. The van der Waals surface area contributed by atoms with Crippen LogP contribution in [0.4, 0.5) is 0 Å². The van der Waals surface area contributed by atoms with E-state index in [1.807, 2.05) is 31.3 Å². The summed E-state index contributed by atoms with van der Waals surface area (Å²) < 4.78 is 3.29. The maximum atomic E-state index is 12.9. The number of fused-ring (bicyclic) bond motifs is 1. The van der Waals surface area contributed by atoms with Gasteiger partial charge in [0.1, 0.15) is 0 Å². The van der Waals surface area contributed by atoms with Crippen LogP contribution in [0.25, 0.3) is 11.3 Å². The lowest BCUT2D eigenvalue weighted by Gasteiger charge is -2.10. The molecule has 0 aliphatic carbocycles. The Bertz CT molecular complexity index is 1200. The SMILES string of the molecule is Cc1cccc(CSc2nnc3c(=O)n(-c4cccc(Cl)c4C)ccn23)c1. The summed E-state index contributed by atoms with van der Waals surface area (Å²) in [7, 11) is 0. The molecule has 2 aromatic heterocycles. The van der Waals surface area contributed by atoms with Crippen molar-refractivity contribution in [3.8, 4) is 5.69 Å². The van der Waals surface area contributed by atoms with Crippen LogP contribution in [0, 0.1) is 13.8 Å². The molecule has 0 radical (unpaired) electrons. The topological polar surface area (TPSA) is 52.2 Å². The number of aromatic nitrogens is 4. The lowest BCUT2D eigenvalue weighted by Crippen LogP contribution is -2.21. The zero-order chi connectivity index (χ0) is 19.0. The maximum absolute atomic E-state index is 12.9. The van der Waals surface area contributed by atoms with Crippen LogP contribution < -0.4 is 5.56 Å². The molecule has 5 nitrogen and oxygen atoms in total. The van der Waals surface area contributed by atoms with Crippen molar-refractivity contribution in [2.45, 2.75) is 24.8 Å². The summed E-state index contributed by atoms with van der Waals surface area (Å²) in [6.45, 7) is 3.96. The van der Waals surface area contributed by atoms with Crippen LogP contribution in [0.1, 0.15) is 16.7 Å². The van der Waals surface area contributed by atoms with Gasteiger partial charge < -0.3 is 0 Å². The molecule has 0 saturated heterocycles. The molecule has 2 aromatic carbocycles. The number of hydrogen-bond acceptors (Lipinski definition) is 4. The van der Waals surface area contributed by atoms with Crippen molar-refractivity contribution < 1.29 is 0 Å². The number of halogens is 1. The van der Waals surface area contributed by atoms with E-state index in [-0.39, 0.29) is 5.56 Å². The number of benzene rings is 2. The van der Waals surface area contributed by atoms with Crippen molar-refractivity contribution in [1.29, 1.82) is 0 Å². The first-order valence-corrected chi connectivity index (χ1v) is 9.81. The lowest BCUT2D eigenvalue weighted by atomic mass is 10.2. The molecule has 2 heterocycles. The first-order valence-electron chi connectivity index (χ1n) is 8.45. The minimum Gasteiger partial charge on any atom is -0.279 e. The second-order valence-corrected chi connectivity index (χ2v) is 7.66. The molecule has 0 unspecified atom stereocenters. The summed E-state index contributed by atoms with van der Waals surface area (Å²) in [6, 6.07) is 13.8. The molecule has 27 heavy (non-hydrogen) atoms. The first kappa shape index (κ1) is 17.8. The molecule has 7 heteroatoms. The van der Waals surface area contributed by atoms with Crippen LogP contribution in [0.2, 0.25) is 5.02 Å². The van der Waals surface area contributed by atoms with Gasteiger partial charge in [0, 0.05) is 23.2 Å². The molecule has 0 spiro atoms. The molecule has 0 N–H and O–H groups in total. The highest BCUT2D eigenvalue weighted by atomic mass is 35.5. The third-order valence-electron chi connectivity index (χ3n) is 4.39. The van der Waals surface area contributed by atoms with E-state index in [9.17, 15) is 4.79 Å². The Morgan fingerprint density at radius 2 is 1.89 bits per heavy atom. The van der Waals surface area contributed by atoms with Crippen LogP contribution in [-0.4, -0.2) is 19.2 Å². The van der Waals surface area contributed by atoms with Crippen molar-refractivity contribution >= 4 is 29.0 Å². The molecule has 4 rings (SSSR count). The third kappa shape index (κ3) is 3.38. The second kappa shape index (κ2) is 7.21. The summed E-state index contributed by atoms with van der Waals surface area (Å²) in [4.78, 5) is 12.9. The first-order chi connectivity index (χ1) is 13.0. The van der Waals surface area contributed by atoms with Crippen molar-refractivity contribution in [3.63, 3.8) is 0 Å². The van der Waals surface area contributed by atoms with E-state index in [0.717, 1.165) is 17.0 Å². The fourth-order valence-electron chi connectivity index (χ4n) is 2.96. The van der Waals surface area contributed by atoms with E-state index in [0.29, 0.717) is 15.8 Å². The van der Waals surface area contributed by atoms with E-state index >= 15 is 0 Å². The molecule has 136 valence electrons. The molecule has 0 atom stereocenters. The van der Waals surface area contributed by atoms with Crippen LogP contribution in [0.5, 0.6) is 0 Å². The van der Waals surface area contributed by atoms with E-state index < -0.39 is 0 Å². The Balaban J connectivity index is 1.70. The van der Waals surface area contributed by atoms with Crippen molar-refractivity contribution in [3.05, 3.63) is 86.9 Å². The van der Waals surface area contributed by atoms with Crippen LogP contribution in [-0.2, 0) is 5.75 Å². The Hall–Kier alpha value is -2.57. The lowest BCUT2D eigenvalue weighted by molar-refractivity contribution is 0.890. The predicted octanol–water partition coefficient (Wildman–Crippen LogP) is 4.44. The van der Waals surface area contributed by atoms with Crippen molar-refractivity contribution in [1.82, 2.24) is 19.2 Å². The second-order valence-electron chi connectivity index (χ2n) is 6.31. The highest BCUT2D eigenvalue weighted by Gasteiger charge is 2.13. The molecule has 0 amide bonds. The fraction of sp³-hybridized carbons (Fsp3) is 0.150. The van der Waals surface area contributed by atoms with Crippen molar-refractivity contribution in [2.24, 2.45) is 0 Å². The van der Waals surface area contributed by atoms with E-state index in [1.54, 1.807) is 33.0 Å².